The molecule has 0 aliphatic carbocycles. The van der Waals surface area contributed by atoms with E-state index in [2.05, 4.69) is 46.3 Å². The van der Waals surface area contributed by atoms with Gasteiger partial charge in [0, 0.05) is 10.4 Å². The lowest BCUT2D eigenvalue weighted by molar-refractivity contribution is 0.980. The molecule has 0 heterocycles. The lowest BCUT2D eigenvalue weighted by atomic mass is 9.84. The lowest BCUT2D eigenvalue weighted by Crippen LogP contribution is -2.08. The number of nitrogen functional groups attached to an aromatic ring is 2. The van der Waals surface area contributed by atoms with E-state index in [-0.39, 0.29) is 5.92 Å². The summed E-state index contributed by atoms with van der Waals surface area (Å²) in [5.74, 6) is 0.0576. The average molecular weight is 353 g/mol. The number of hydrogen-bond acceptors (Lipinski definition) is 2. The molecule has 3 aromatic carbocycles. The first-order valence-electron chi connectivity index (χ1n) is 7.11. The summed E-state index contributed by atoms with van der Waals surface area (Å²) in [7, 11) is 0. The molecule has 4 N–H and O–H groups in total. The topological polar surface area (TPSA) is 52.0 Å². The number of nitrogens with two attached hydrogens (primary N) is 2. The van der Waals surface area contributed by atoms with Gasteiger partial charge < -0.3 is 11.5 Å². The van der Waals surface area contributed by atoms with E-state index in [0.717, 1.165) is 10.0 Å². The average Bonchev–Trinajstić information content (AvgIpc) is 2.54. The van der Waals surface area contributed by atoms with Gasteiger partial charge in [0.2, 0.25) is 0 Å². The number of anilines is 2. The van der Waals surface area contributed by atoms with Crippen molar-refractivity contribution in [2.75, 3.05) is 11.5 Å². The standard InChI is InChI=1S/C19H17BrN2/c20-15-11-16(19(22)17(21)12-15)18(13-7-3-1-4-8-13)14-9-5-2-6-10-14/h1-12,18H,21-22H2. The van der Waals surface area contributed by atoms with E-state index in [4.69, 9.17) is 11.5 Å². The van der Waals surface area contributed by atoms with Crippen molar-refractivity contribution in [3.63, 3.8) is 0 Å². The van der Waals surface area contributed by atoms with Crippen LogP contribution < -0.4 is 11.5 Å². The minimum absolute atomic E-state index is 0.0576. The zero-order valence-electron chi connectivity index (χ0n) is 12.0. The molecule has 2 nitrogen and oxygen atoms in total. The first kappa shape index (κ1) is 14.7. The fraction of sp³-hybridized carbons (Fsp3) is 0.0526. The van der Waals surface area contributed by atoms with E-state index >= 15 is 0 Å². The molecule has 0 atom stereocenters. The van der Waals surface area contributed by atoms with Gasteiger partial charge in [-0.3, -0.25) is 0 Å². The molecule has 0 radical (unpaired) electrons. The predicted molar refractivity (Wildman–Crippen MR) is 96.8 cm³/mol. The molecule has 0 aliphatic heterocycles. The third-order valence-electron chi connectivity index (χ3n) is 3.79. The molecule has 0 aliphatic rings. The van der Waals surface area contributed by atoms with Crippen molar-refractivity contribution in [2.45, 2.75) is 5.92 Å². The van der Waals surface area contributed by atoms with Crippen LogP contribution in [0.15, 0.2) is 77.3 Å². The Hall–Kier alpha value is -2.26. The molecule has 0 saturated carbocycles. The van der Waals surface area contributed by atoms with Gasteiger partial charge in [0.05, 0.1) is 11.4 Å². The second-order valence-electron chi connectivity index (χ2n) is 5.25. The Balaban J connectivity index is 2.23. The van der Waals surface area contributed by atoms with E-state index < -0.39 is 0 Å². The highest BCUT2D eigenvalue weighted by Crippen LogP contribution is 2.38. The smallest absolute Gasteiger partial charge is 0.0590 e. The Morgan fingerprint density at radius 2 is 1.23 bits per heavy atom. The first-order valence-corrected chi connectivity index (χ1v) is 7.90. The first-order chi connectivity index (χ1) is 10.7. The van der Waals surface area contributed by atoms with Crippen LogP contribution in [0.2, 0.25) is 0 Å². The second-order valence-corrected chi connectivity index (χ2v) is 6.17. The molecule has 0 spiro atoms. The van der Waals surface area contributed by atoms with Crippen molar-refractivity contribution in [3.05, 3.63) is 94.0 Å². The maximum Gasteiger partial charge on any atom is 0.0590 e. The molecule has 0 unspecified atom stereocenters. The highest BCUT2D eigenvalue weighted by molar-refractivity contribution is 9.10. The van der Waals surface area contributed by atoms with Crippen LogP contribution in [0.25, 0.3) is 0 Å². The van der Waals surface area contributed by atoms with Crippen molar-refractivity contribution in [1.29, 1.82) is 0 Å². The maximum absolute atomic E-state index is 6.28. The van der Waals surface area contributed by atoms with Crippen molar-refractivity contribution >= 4 is 27.3 Å². The largest absolute Gasteiger partial charge is 0.397 e. The normalized spacial score (nSPS) is 10.8. The molecule has 3 heteroatoms. The van der Waals surface area contributed by atoms with Crippen molar-refractivity contribution < 1.29 is 0 Å². The van der Waals surface area contributed by atoms with E-state index in [1.165, 1.54) is 11.1 Å². The molecule has 0 fully saturated rings. The summed E-state index contributed by atoms with van der Waals surface area (Å²) in [6.45, 7) is 0. The summed E-state index contributed by atoms with van der Waals surface area (Å²) < 4.78 is 0.936. The summed E-state index contributed by atoms with van der Waals surface area (Å²) in [5, 5.41) is 0. The van der Waals surface area contributed by atoms with Crippen molar-refractivity contribution in [1.82, 2.24) is 0 Å². The van der Waals surface area contributed by atoms with Crippen LogP contribution in [0.1, 0.15) is 22.6 Å². The number of hydrogen-bond donors (Lipinski definition) is 2. The van der Waals surface area contributed by atoms with Gasteiger partial charge >= 0.3 is 0 Å². The molecule has 3 rings (SSSR count). The van der Waals surface area contributed by atoms with E-state index in [1.54, 1.807) is 0 Å². The summed E-state index contributed by atoms with van der Waals surface area (Å²) >= 11 is 3.52. The molecule has 0 saturated heterocycles. The fourth-order valence-electron chi connectivity index (χ4n) is 2.74. The van der Waals surface area contributed by atoms with Crippen LogP contribution in [0.3, 0.4) is 0 Å². The third-order valence-corrected chi connectivity index (χ3v) is 4.24. The zero-order chi connectivity index (χ0) is 15.5. The highest BCUT2D eigenvalue weighted by atomic mass is 79.9. The molecule has 22 heavy (non-hydrogen) atoms. The zero-order valence-corrected chi connectivity index (χ0v) is 13.6. The summed E-state index contributed by atoms with van der Waals surface area (Å²) in [6, 6.07) is 24.6. The van der Waals surface area contributed by atoms with E-state index in [0.29, 0.717) is 11.4 Å². The highest BCUT2D eigenvalue weighted by Gasteiger charge is 2.20. The fourth-order valence-corrected chi connectivity index (χ4v) is 3.24. The quantitative estimate of drug-likeness (QED) is 0.525. The number of halogens is 1. The Bertz CT molecular complexity index is 731. The maximum atomic E-state index is 6.28. The monoisotopic (exact) mass is 352 g/mol. The molecular formula is C19H17BrN2. The summed E-state index contributed by atoms with van der Waals surface area (Å²) in [5.41, 5.74) is 17.0. The Labute approximate surface area is 138 Å². The van der Waals surface area contributed by atoms with Gasteiger partial charge in [-0.2, -0.15) is 0 Å². The molecule has 110 valence electrons. The van der Waals surface area contributed by atoms with Crippen LogP contribution >= 0.6 is 15.9 Å². The van der Waals surface area contributed by atoms with Gasteiger partial charge in [0.25, 0.3) is 0 Å². The van der Waals surface area contributed by atoms with Crippen molar-refractivity contribution in [3.8, 4) is 0 Å². The molecule has 0 amide bonds. The number of benzene rings is 3. The summed E-state index contributed by atoms with van der Waals surface area (Å²) in [4.78, 5) is 0. The Kier molecular flexibility index (Phi) is 4.16. The Morgan fingerprint density at radius 1 is 0.727 bits per heavy atom. The van der Waals surface area contributed by atoms with E-state index in [1.807, 2.05) is 42.5 Å². The van der Waals surface area contributed by atoms with Gasteiger partial charge in [-0.05, 0) is 28.8 Å². The van der Waals surface area contributed by atoms with Gasteiger partial charge in [0.1, 0.15) is 0 Å². The lowest BCUT2D eigenvalue weighted by Gasteiger charge is -2.21. The van der Waals surface area contributed by atoms with Crippen molar-refractivity contribution in [2.24, 2.45) is 0 Å². The minimum Gasteiger partial charge on any atom is -0.397 e. The predicted octanol–water partition coefficient (Wildman–Crippen LogP) is 4.79. The molecule has 0 aromatic heterocycles. The summed E-state index contributed by atoms with van der Waals surface area (Å²) in [6.07, 6.45) is 0. The molecule has 3 aromatic rings. The van der Waals surface area contributed by atoms with Gasteiger partial charge in [0.15, 0.2) is 0 Å². The van der Waals surface area contributed by atoms with Crippen LogP contribution in [-0.2, 0) is 0 Å². The van der Waals surface area contributed by atoms with Gasteiger partial charge in [-0.25, -0.2) is 0 Å². The molecule has 0 bridgehead atoms. The third kappa shape index (κ3) is 2.85. The minimum atomic E-state index is 0.0576. The van der Waals surface area contributed by atoms with Crippen LogP contribution in [0.5, 0.6) is 0 Å². The number of rotatable bonds is 3. The van der Waals surface area contributed by atoms with E-state index in [9.17, 15) is 0 Å². The second kappa shape index (κ2) is 6.24. The van der Waals surface area contributed by atoms with Crippen LogP contribution in [-0.4, -0.2) is 0 Å². The van der Waals surface area contributed by atoms with Gasteiger partial charge in [-0.1, -0.05) is 76.6 Å². The van der Waals surface area contributed by atoms with Crippen LogP contribution in [0, 0.1) is 0 Å². The molecular weight excluding hydrogens is 336 g/mol. The SMILES string of the molecule is Nc1cc(Br)cc(C(c2ccccc2)c2ccccc2)c1N. The Morgan fingerprint density at radius 3 is 1.73 bits per heavy atom. The van der Waals surface area contributed by atoms with Gasteiger partial charge in [-0.15, -0.1) is 0 Å². The van der Waals surface area contributed by atoms with Crippen LogP contribution in [0.4, 0.5) is 11.4 Å².